The Labute approximate surface area is 157 Å². The van der Waals surface area contributed by atoms with Crippen LogP contribution in [-0.4, -0.2) is 12.4 Å². The Balaban J connectivity index is 1.46. The molecule has 3 rings (SSSR count). The molecule has 0 amide bonds. The Morgan fingerprint density at radius 2 is 1.50 bits per heavy atom. The Morgan fingerprint density at radius 1 is 0.846 bits per heavy atom. The SMILES string of the molecule is O=C(CCCCOCc1ccccc1)C1(c2ccccc2)CCCCC1. The molecule has 0 N–H and O–H groups in total. The van der Waals surface area contributed by atoms with Crippen LogP contribution in [0.15, 0.2) is 60.7 Å². The molecule has 0 saturated heterocycles. The van der Waals surface area contributed by atoms with E-state index in [1.165, 1.54) is 30.4 Å². The van der Waals surface area contributed by atoms with E-state index >= 15 is 0 Å². The molecule has 2 nitrogen and oxygen atoms in total. The molecule has 1 aliphatic carbocycles. The van der Waals surface area contributed by atoms with Gasteiger partial charge in [-0.15, -0.1) is 0 Å². The molecule has 2 aromatic carbocycles. The van der Waals surface area contributed by atoms with Crippen LogP contribution in [0, 0.1) is 0 Å². The number of hydrogen-bond acceptors (Lipinski definition) is 2. The fraction of sp³-hybridized carbons (Fsp3) is 0.458. The summed E-state index contributed by atoms with van der Waals surface area (Å²) in [5.74, 6) is 0.437. The van der Waals surface area contributed by atoms with Gasteiger partial charge in [0.1, 0.15) is 5.78 Å². The van der Waals surface area contributed by atoms with Crippen molar-refractivity contribution in [2.75, 3.05) is 6.61 Å². The number of carbonyl (C=O) groups is 1. The maximum Gasteiger partial charge on any atom is 0.143 e. The molecule has 1 fully saturated rings. The maximum atomic E-state index is 13.1. The molecule has 1 aliphatic rings. The third-order valence-electron chi connectivity index (χ3n) is 5.62. The number of Topliss-reactive ketones (excluding diaryl/α,β-unsaturated/α-hetero) is 1. The number of benzene rings is 2. The second-order valence-corrected chi connectivity index (χ2v) is 7.43. The number of ether oxygens (including phenoxy) is 1. The zero-order valence-corrected chi connectivity index (χ0v) is 15.7. The molecule has 0 bridgehead atoms. The summed E-state index contributed by atoms with van der Waals surface area (Å²) in [6, 6.07) is 20.7. The van der Waals surface area contributed by atoms with Crippen molar-refractivity contribution < 1.29 is 9.53 Å². The third kappa shape index (κ3) is 4.82. The smallest absolute Gasteiger partial charge is 0.143 e. The number of rotatable bonds is 9. The second-order valence-electron chi connectivity index (χ2n) is 7.43. The summed E-state index contributed by atoms with van der Waals surface area (Å²) in [5.41, 5.74) is 2.20. The van der Waals surface area contributed by atoms with Crippen molar-refractivity contribution in [2.45, 2.75) is 63.4 Å². The lowest BCUT2D eigenvalue weighted by molar-refractivity contribution is -0.126. The highest BCUT2D eigenvalue weighted by Gasteiger charge is 2.39. The lowest BCUT2D eigenvalue weighted by Crippen LogP contribution is -2.38. The van der Waals surface area contributed by atoms with E-state index in [1.807, 2.05) is 24.3 Å². The number of hydrogen-bond donors (Lipinski definition) is 0. The molecule has 0 aromatic heterocycles. The zero-order chi connectivity index (χ0) is 18.1. The third-order valence-corrected chi connectivity index (χ3v) is 5.62. The molecule has 0 radical (unpaired) electrons. The van der Waals surface area contributed by atoms with Gasteiger partial charge in [-0.1, -0.05) is 79.9 Å². The number of ketones is 1. The highest BCUT2D eigenvalue weighted by Crippen LogP contribution is 2.41. The predicted molar refractivity (Wildman–Crippen MR) is 106 cm³/mol. The summed E-state index contributed by atoms with van der Waals surface area (Å²) in [4.78, 5) is 13.1. The summed E-state index contributed by atoms with van der Waals surface area (Å²) >= 11 is 0. The van der Waals surface area contributed by atoms with Crippen molar-refractivity contribution in [1.82, 2.24) is 0 Å². The Hall–Kier alpha value is -1.93. The average molecular weight is 351 g/mol. The van der Waals surface area contributed by atoms with Gasteiger partial charge in [0.15, 0.2) is 0 Å². The standard InChI is InChI=1S/C24H30O2/c25-23(16-8-11-19-26-20-21-12-4-1-5-13-21)24(17-9-3-10-18-24)22-14-6-2-7-15-22/h1-2,4-7,12-15H,3,8-11,16-20H2. The van der Waals surface area contributed by atoms with E-state index in [0.717, 1.165) is 32.3 Å². The minimum Gasteiger partial charge on any atom is -0.377 e. The van der Waals surface area contributed by atoms with Gasteiger partial charge in [-0.25, -0.2) is 0 Å². The Bertz CT molecular complexity index is 657. The van der Waals surface area contributed by atoms with Crippen LogP contribution in [0.3, 0.4) is 0 Å². The van der Waals surface area contributed by atoms with Crippen molar-refractivity contribution in [1.29, 1.82) is 0 Å². The molecule has 2 aromatic rings. The first kappa shape index (κ1) is 18.8. The minimum absolute atomic E-state index is 0.232. The molecular weight excluding hydrogens is 320 g/mol. The normalized spacial score (nSPS) is 16.3. The molecule has 26 heavy (non-hydrogen) atoms. The van der Waals surface area contributed by atoms with Gasteiger partial charge in [0.05, 0.1) is 12.0 Å². The molecule has 0 atom stereocenters. The van der Waals surface area contributed by atoms with Crippen LogP contribution < -0.4 is 0 Å². The van der Waals surface area contributed by atoms with Crippen molar-refractivity contribution in [3.05, 3.63) is 71.8 Å². The van der Waals surface area contributed by atoms with Crippen LogP contribution in [0.4, 0.5) is 0 Å². The van der Waals surface area contributed by atoms with Crippen molar-refractivity contribution >= 4 is 5.78 Å². The predicted octanol–water partition coefficient (Wildman–Crippen LogP) is 5.84. The summed E-state index contributed by atoms with van der Waals surface area (Å²) in [6.07, 6.45) is 8.16. The molecule has 0 unspecified atom stereocenters. The van der Waals surface area contributed by atoms with Crippen LogP contribution in [0.25, 0.3) is 0 Å². The van der Waals surface area contributed by atoms with E-state index in [9.17, 15) is 4.79 Å². The van der Waals surface area contributed by atoms with Crippen molar-refractivity contribution in [3.8, 4) is 0 Å². The van der Waals surface area contributed by atoms with Crippen LogP contribution in [-0.2, 0) is 21.6 Å². The van der Waals surface area contributed by atoms with Crippen LogP contribution in [0.1, 0.15) is 62.5 Å². The fourth-order valence-electron chi connectivity index (χ4n) is 4.13. The minimum atomic E-state index is -0.232. The summed E-state index contributed by atoms with van der Waals surface area (Å²) < 4.78 is 5.75. The monoisotopic (exact) mass is 350 g/mol. The number of unbranched alkanes of at least 4 members (excludes halogenated alkanes) is 1. The lowest BCUT2D eigenvalue weighted by Gasteiger charge is -2.36. The summed E-state index contributed by atoms with van der Waals surface area (Å²) in [7, 11) is 0. The van der Waals surface area contributed by atoms with Gasteiger partial charge in [0.25, 0.3) is 0 Å². The summed E-state index contributed by atoms with van der Waals surface area (Å²) in [6.45, 7) is 1.38. The van der Waals surface area contributed by atoms with Gasteiger partial charge < -0.3 is 4.74 Å². The van der Waals surface area contributed by atoms with Crippen molar-refractivity contribution in [2.24, 2.45) is 0 Å². The molecular formula is C24H30O2. The first-order chi connectivity index (χ1) is 12.8. The Kier molecular flexibility index (Phi) is 7.02. The van der Waals surface area contributed by atoms with Gasteiger partial charge in [0.2, 0.25) is 0 Å². The zero-order valence-electron chi connectivity index (χ0n) is 15.7. The molecule has 0 spiro atoms. The van der Waals surface area contributed by atoms with Crippen LogP contribution >= 0.6 is 0 Å². The largest absolute Gasteiger partial charge is 0.377 e. The van der Waals surface area contributed by atoms with E-state index in [2.05, 4.69) is 36.4 Å². The topological polar surface area (TPSA) is 26.3 Å². The van der Waals surface area contributed by atoms with Gasteiger partial charge in [-0.2, -0.15) is 0 Å². The van der Waals surface area contributed by atoms with Crippen LogP contribution in [0.2, 0.25) is 0 Å². The molecule has 1 saturated carbocycles. The first-order valence-electron chi connectivity index (χ1n) is 10.0. The van der Waals surface area contributed by atoms with E-state index < -0.39 is 0 Å². The van der Waals surface area contributed by atoms with Gasteiger partial charge in [-0.3, -0.25) is 4.79 Å². The van der Waals surface area contributed by atoms with Gasteiger partial charge in [-0.05, 0) is 36.8 Å². The van der Waals surface area contributed by atoms with Crippen LogP contribution in [0.5, 0.6) is 0 Å². The van der Waals surface area contributed by atoms with Crippen molar-refractivity contribution in [3.63, 3.8) is 0 Å². The van der Waals surface area contributed by atoms with E-state index in [0.29, 0.717) is 18.8 Å². The van der Waals surface area contributed by atoms with E-state index in [-0.39, 0.29) is 5.41 Å². The van der Waals surface area contributed by atoms with Gasteiger partial charge in [0, 0.05) is 13.0 Å². The Morgan fingerprint density at radius 3 is 2.19 bits per heavy atom. The first-order valence-corrected chi connectivity index (χ1v) is 10.0. The molecule has 0 aliphatic heterocycles. The molecule has 2 heteroatoms. The highest BCUT2D eigenvalue weighted by molar-refractivity contribution is 5.90. The lowest BCUT2D eigenvalue weighted by atomic mass is 9.66. The maximum absolute atomic E-state index is 13.1. The van der Waals surface area contributed by atoms with E-state index in [1.54, 1.807) is 0 Å². The fourth-order valence-corrected chi connectivity index (χ4v) is 4.13. The molecule has 138 valence electrons. The van der Waals surface area contributed by atoms with E-state index in [4.69, 9.17) is 4.74 Å². The highest BCUT2D eigenvalue weighted by atomic mass is 16.5. The summed E-state index contributed by atoms with van der Waals surface area (Å²) in [5, 5.41) is 0. The quantitative estimate of drug-likeness (QED) is 0.531. The number of carbonyl (C=O) groups excluding carboxylic acids is 1. The molecule has 0 heterocycles. The second kappa shape index (κ2) is 9.68. The van der Waals surface area contributed by atoms with Gasteiger partial charge >= 0.3 is 0 Å². The average Bonchev–Trinajstić information content (AvgIpc) is 2.72.